The molecule has 4 aromatic rings. The van der Waals surface area contributed by atoms with E-state index in [1.807, 2.05) is 60.7 Å². The Hall–Kier alpha value is -4.30. The highest BCUT2D eigenvalue weighted by Gasteiger charge is 2.11. The van der Waals surface area contributed by atoms with Crippen LogP contribution in [0.3, 0.4) is 0 Å². The first kappa shape index (κ1) is 19.0. The van der Waals surface area contributed by atoms with E-state index in [0.29, 0.717) is 18.0 Å². The first-order chi connectivity index (χ1) is 14.7. The predicted molar refractivity (Wildman–Crippen MR) is 118 cm³/mol. The standard InChI is InChI=1S/C25H19N3O2/c26-15-19(14-20-16-27-24-9-5-4-8-23(20)24)25(29)28-21-10-12-22(13-11-21)30-17-18-6-2-1-3-7-18/h1-14,16,27H,17H2,(H,28,29)/b19-14+. The molecule has 2 N–H and O–H groups in total. The summed E-state index contributed by atoms with van der Waals surface area (Å²) in [6.07, 6.45) is 3.37. The first-order valence-corrected chi connectivity index (χ1v) is 9.49. The molecule has 3 aromatic carbocycles. The lowest BCUT2D eigenvalue weighted by molar-refractivity contribution is -0.112. The number of fused-ring (bicyclic) bond motifs is 1. The summed E-state index contributed by atoms with van der Waals surface area (Å²) in [6.45, 7) is 0.471. The quantitative estimate of drug-likeness (QED) is 0.345. The molecule has 0 fully saturated rings. The molecule has 1 heterocycles. The van der Waals surface area contributed by atoms with Crippen molar-refractivity contribution in [1.29, 1.82) is 5.26 Å². The molecule has 1 aromatic heterocycles. The highest BCUT2D eigenvalue weighted by molar-refractivity contribution is 6.10. The second kappa shape index (κ2) is 8.80. The van der Waals surface area contributed by atoms with Gasteiger partial charge in [-0.15, -0.1) is 0 Å². The van der Waals surface area contributed by atoms with E-state index in [0.717, 1.165) is 22.0 Å². The smallest absolute Gasteiger partial charge is 0.266 e. The van der Waals surface area contributed by atoms with E-state index in [1.165, 1.54) is 0 Å². The van der Waals surface area contributed by atoms with E-state index in [2.05, 4.69) is 10.3 Å². The van der Waals surface area contributed by atoms with Crippen LogP contribution in [0.15, 0.2) is 90.6 Å². The number of nitrogens with one attached hydrogen (secondary N) is 2. The van der Waals surface area contributed by atoms with E-state index >= 15 is 0 Å². The Morgan fingerprint density at radius 3 is 2.50 bits per heavy atom. The number of ether oxygens (including phenoxy) is 1. The van der Waals surface area contributed by atoms with Gasteiger partial charge in [0.15, 0.2) is 0 Å². The summed E-state index contributed by atoms with van der Waals surface area (Å²) in [7, 11) is 0. The molecule has 0 atom stereocenters. The molecule has 0 aliphatic heterocycles. The SMILES string of the molecule is N#C/C(=C\c1c[nH]c2ccccc12)C(=O)Nc1ccc(OCc2ccccc2)cc1. The molecule has 1 amide bonds. The van der Waals surface area contributed by atoms with E-state index in [1.54, 1.807) is 36.5 Å². The Bertz CT molecular complexity index is 1230. The number of hydrogen-bond donors (Lipinski definition) is 2. The zero-order valence-corrected chi connectivity index (χ0v) is 16.1. The van der Waals surface area contributed by atoms with Crippen LogP contribution in [0.2, 0.25) is 0 Å². The number of aromatic amines is 1. The van der Waals surface area contributed by atoms with Crippen LogP contribution in [0.5, 0.6) is 5.75 Å². The normalized spacial score (nSPS) is 11.1. The van der Waals surface area contributed by atoms with Gasteiger partial charge in [-0.25, -0.2) is 0 Å². The van der Waals surface area contributed by atoms with Crippen LogP contribution >= 0.6 is 0 Å². The zero-order chi connectivity index (χ0) is 20.8. The van der Waals surface area contributed by atoms with E-state index < -0.39 is 5.91 Å². The number of anilines is 1. The van der Waals surface area contributed by atoms with Crippen LogP contribution in [0.25, 0.3) is 17.0 Å². The molecule has 0 bridgehead atoms. The molecule has 0 saturated heterocycles. The largest absolute Gasteiger partial charge is 0.489 e. The average Bonchev–Trinajstić information content (AvgIpc) is 3.20. The molecule has 4 rings (SSSR count). The molecule has 146 valence electrons. The molecule has 0 saturated carbocycles. The highest BCUT2D eigenvalue weighted by atomic mass is 16.5. The van der Waals surface area contributed by atoms with Gasteiger partial charge in [0.1, 0.15) is 24.0 Å². The number of hydrogen-bond acceptors (Lipinski definition) is 3. The summed E-state index contributed by atoms with van der Waals surface area (Å²) >= 11 is 0. The number of carbonyl (C=O) groups is 1. The minimum absolute atomic E-state index is 0.0316. The molecule has 5 heteroatoms. The minimum Gasteiger partial charge on any atom is -0.489 e. The Morgan fingerprint density at radius 2 is 1.73 bits per heavy atom. The average molecular weight is 393 g/mol. The molecule has 0 unspecified atom stereocenters. The Labute approximate surface area is 174 Å². The van der Waals surface area contributed by atoms with Crippen LogP contribution in [-0.2, 0) is 11.4 Å². The van der Waals surface area contributed by atoms with Gasteiger partial charge in [-0.2, -0.15) is 5.26 Å². The fourth-order valence-electron chi connectivity index (χ4n) is 3.09. The number of carbonyl (C=O) groups excluding carboxylic acids is 1. The Kier molecular flexibility index (Phi) is 5.59. The number of rotatable bonds is 6. The van der Waals surface area contributed by atoms with Crippen LogP contribution in [0.1, 0.15) is 11.1 Å². The van der Waals surface area contributed by atoms with Crippen molar-refractivity contribution in [2.45, 2.75) is 6.61 Å². The maximum atomic E-state index is 12.6. The fourth-order valence-corrected chi connectivity index (χ4v) is 3.09. The van der Waals surface area contributed by atoms with Crippen molar-refractivity contribution < 1.29 is 9.53 Å². The predicted octanol–water partition coefficient (Wildman–Crippen LogP) is 5.29. The fraction of sp³-hybridized carbons (Fsp3) is 0.0400. The van der Waals surface area contributed by atoms with Gasteiger partial charge in [0.2, 0.25) is 0 Å². The monoisotopic (exact) mass is 393 g/mol. The van der Waals surface area contributed by atoms with Crippen LogP contribution in [0.4, 0.5) is 5.69 Å². The second-order valence-electron chi connectivity index (χ2n) is 6.71. The van der Waals surface area contributed by atoms with Crippen LogP contribution in [-0.4, -0.2) is 10.9 Å². The van der Waals surface area contributed by atoms with Crippen molar-refractivity contribution in [2.75, 3.05) is 5.32 Å². The third-order valence-electron chi connectivity index (χ3n) is 4.65. The molecule has 5 nitrogen and oxygen atoms in total. The number of benzene rings is 3. The molecule has 0 aliphatic rings. The summed E-state index contributed by atoms with van der Waals surface area (Å²) in [5.74, 6) is 0.243. The number of nitriles is 1. The van der Waals surface area contributed by atoms with Crippen molar-refractivity contribution >= 4 is 28.6 Å². The topological polar surface area (TPSA) is 77.9 Å². The van der Waals surface area contributed by atoms with Crippen molar-refractivity contribution in [3.05, 3.63) is 102 Å². The lowest BCUT2D eigenvalue weighted by Gasteiger charge is -2.08. The summed E-state index contributed by atoms with van der Waals surface area (Å²) < 4.78 is 5.75. The zero-order valence-electron chi connectivity index (χ0n) is 16.1. The van der Waals surface area contributed by atoms with Gasteiger partial charge in [0, 0.05) is 28.4 Å². The number of aromatic nitrogens is 1. The summed E-state index contributed by atoms with van der Waals surface area (Å²) in [4.78, 5) is 15.7. The summed E-state index contributed by atoms with van der Waals surface area (Å²) in [6, 6.07) is 26.7. The van der Waals surface area contributed by atoms with Gasteiger partial charge >= 0.3 is 0 Å². The molecule has 0 radical (unpaired) electrons. The summed E-state index contributed by atoms with van der Waals surface area (Å²) in [5.41, 5.74) is 3.45. The van der Waals surface area contributed by atoms with E-state index in [-0.39, 0.29) is 5.57 Å². The number of nitrogens with zero attached hydrogens (tertiary/aromatic N) is 1. The van der Waals surface area contributed by atoms with Gasteiger partial charge in [-0.1, -0.05) is 48.5 Å². The maximum absolute atomic E-state index is 12.6. The van der Waals surface area contributed by atoms with Crippen molar-refractivity contribution in [2.24, 2.45) is 0 Å². The van der Waals surface area contributed by atoms with Gasteiger partial charge in [-0.05, 0) is 42.0 Å². The van der Waals surface area contributed by atoms with Crippen molar-refractivity contribution in [1.82, 2.24) is 4.98 Å². The number of H-pyrrole nitrogens is 1. The molecule has 0 spiro atoms. The van der Waals surface area contributed by atoms with Gasteiger partial charge < -0.3 is 15.0 Å². The molecular weight excluding hydrogens is 374 g/mol. The molecular formula is C25H19N3O2. The highest BCUT2D eigenvalue weighted by Crippen LogP contribution is 2.21. The maximum Gasteiger partial charge on any atom is 0.266 e. The van der Waals surface area contributed by atoms with Crippen LogP contribution in [0, 0.1) is 11.3 Å². The minimum atomic E-state index is -0.458. The van der Waals surface area contributed by atoms with Gasteiger partial charge in [0.05, 0.1) is 0 Å². The number of para-hydroxylation sites is 1. The lowest BCUT2D eigenvalue weighted by atomic mass is 10.1. The van der Waals surface area contributed by atoms with E-state index in [9.17, 15) is 10.1 Å². The Balaban J connectivity index is 1.42. The molecule has 30 heavy (non-hydrogen) atoms. The van der Waals surface area contributed by atoms with Crippen molar-refractivity contribution in [3.63, 3.8) is 0 Å². The number of amides is 1. The van der Waals surface area contributed by atoms with Gasteiger partial charge in [-0.3, -0.25) is 4.79 Å². The van der Waals surface area contributed by atoms with E-state index in [4.69, 9.17) is 4.74 Å². The first-order valence-electron chi connectivity index (χ1n) is 9.49. The lowest BCUT2D eigenvalue weighted by Crippen LogP contribution is -2.13. The third-order valence-corrected chi connectivity index (χ3v) is 4.65. The van der Waals surface area contributed by atoms with Gasteiger partial charge in [0.25, 0.3) is 5.91 Å². The summed E-state index contributed by atoms with van der Waals surface area (Å²) in [5, 5.41) is 13.2. The second-order valence-corrected chi connectivity index (χ2v) is 6.71. The van der Waals surface area contributed by atoms with Crippen molar-refractivity contribution in [3.8, 4) is 11.8 Å². The Morgan fingerprint density at radius 1 is 1.00 bits per heavy atom. The van der Waals surface area contributed by atoms with Crippen LogP contribution < -0.4 is 10.1 Å². The molecule has 0 aliphatic carbocycles. The third kappa shape index (κ3) is 4.40.